The van der Waals surface area contributed by atoms with Crippen molar-refractivity contribution >= 4 is 23.2 Å². The fraction of sp³-hybridized carbons (Fsp3) is 0.647. The molecule has 1 aromatic heterocycles. The van der Waals surface area contributed by atoms with Gasteiger partial charge >= 0.3 is 5.97 Å². The average molecular weight is 325 g/mol. The van der Waals surface area contributed by atoms with Gasteiger partial charge in [0, 0.05) is 11.9 Å². The molecular weight excluding hydrogens is 298 g/mol. The van der Waals surface area contributed by atoms with Crippen LogP contribution in [0.15, 0.2) is 17.5 Å². The maximum atomic E-state index is 11.9. The van der Waals surface area contributed by atoms with E-state index in [0.29, 0.717) is 13.0 Å². The zero-order valence-corrected chi connectivity index (χ0v) is 14.5. The van der Waals surface area contributed by atoms with Crippen LogP contribution >= 0.6 is 11.3 Å². The molecule has 0 spiro atoms. The minimum absolute atomic E-state index is 0.0278. The van der Waals surface area contributed by atoms with E-state index >= 15 is 0 Å². The molecule has 5 heteroatoms. The van der Waals surface area contributed by atoms with Gasteiger partial charge < -0.3 is 9.64 Å². The van der Waals surface area contributed by atoms with Gasteiger partial charge in [0.05, 0.1) is 13.0 Å². The molecule has 22 heavy (non-hydrogen) atoms. The highest BCUT2D eigenvalue weighted by Gasteiger charge is 2.14. The third kappa shape index (κ3) is 8.17. The number of thiophene rings is 1. The predicted molar refractivity (Wildman–Crippen MR) is 90.0 cm³/mol. The van der Waals surface area contributed by atoms with Crippen LogP contribution in [0.5, 0.6) is 0 Å². The zero-order valence-electron chi connectivity index (χ0n) is 13.7. The van der Waals surface area contributed by atoms with Crippen molar-refractivity contribution in [3.8, 4) is 0 Å². The Labute approximate surface area is 137 Å². The standard InChI is InChI=1S/C17H27NO3S/c1-3-4-5-6-7-8-11-21-17(20)14-18(2)16(19)13-15-10-9-12-22-15/h9-10,12H,3-8,11,13-14H2,1-2H3. The van der Waals surface area contributed by atoms with Crippen LogP contribution in [0.3, 0.4) is 0 Å². The molecule has 0 aliphatic heterocycles. The van der Waals surface area contributed by atoms with E-state index in [9.17, 15) is 9.59 Å². The predicted octanol–water partition coefficient (Wildman–Crippen LogP) is 3.65. The van der Waals surface area contributed by atoms with Crippen molar-refractivity contribution in [2.75, 3.05) is 20.2 Å². The number of carbonyl (C=O) groups is 2. The summed E-state index contributed by atoms with van der Waals surface area (Å²) in [6.45, 7) is 2.68. The number of amides is 1. The van der Waals surface area contributed by atoms with E-state index in [4.69, 9.17) is 4.74 Å². The lowest BCUT2D eigenvalue weighted by molar-refractivity contribution is -0.148. The first kappa shape index (κ1) is 18.7. The highest BCUT2D eigenvalue weighted by molar-refractivity contribution is 7.10. The van der Waals surface area contributed by atoms with Gasteiger partial charge in [0.1, 0.15) is 6.54 Å². The first-order valence-corrected chi connectivity index (χ1v) is 8.93. The number of hydrogen-bond acceptors (Lipinski definition) is 4. The molecule has 0 N–H and O–H groups in total. The first-order chi connectivity index (χ1) is 10.6. The summed E-state index contributed by atoms with van der Waals surface area (Å²) in [6, 6.07) is 3.84. The molecule has 1 aromatic rings. The Balaban J connectivity index is 2.09. The van der Waals surface area contributed by atoms with Gasteiger partial charge in [0.2, 0.25) is 5.91 Å². The summed E-state index contributed by atoms with van der Waals surface area (Å²) >= 11 is 1.55. The average Bonchev–Trinajstić information content (AvgIpc) is 2.99. The van der Waals surface area contributed by atoms with E-state index < -0.39 is 0 Å². The summed E-state index contributed by atoms with van der Waals surface area (Å²) in [7, 11) is 1.64. The third-order valence-corrected chi connectivity index (χ3v) is 4.33. The van der Waals surface area contributed by atoms with Crippen LogP contribution in [0.4, 0.5) is 0 Å². The number of likely N-dealkylation sites (N-methyl/N-ethyl adjacent to an activating group) is 1. The van der Waals surface area contributed by atoms with Crippen molar-refractivity contribution in [2.24, 2.45) is 0 Å². The van der Waals surface area contributed by atoms with Crippen LogP contribution in [0.25, 0.3) is 0 Å². The molecule has 0 atom stereocenters. The Hall–Kier alpha value is -1.36. The summed E-state index contributed by atoms with van der Waals surface area (Å²) in [5.74, 6) is -0.380. The number of esters is 1. The fourth-order valence-corrected chi connectivity index (χ4v) is 2.79. The van der Waals surface area contributed by atoms with Gasteiger partial charge in [-0.1, -0.05) is 45.1 Å². The fourth-order valence-electron chi connectivity index (χ4n) is 2.09. The minimum Gasteiger partial charge on any atom is -0.464 e. The lowest BCUT2D eigenvalue weighted by Crippen LogP contribution is -2.34. The van der Waals surface area contributed by atoms with E-state index in [1.54, 1.807) is 18.4 Å². The molecule has 4 nitrogen and oxygen atoms in total. The molecule has 0 saturated heterocycles. The van der Waals surface area contributed by atoms with Crippen LogP contribution in [0, 0.1) is 0 Å². The van der Waals surface area contributed by atoms with Crippen molar-refractivity contribution in [3.05, 3.63) is 22.4 Å². The van der Waals surface area contributed by atoms with Crippen molar-refractivity contribution in [2.45, 2.75) is 51.9 Å². The topological polar surface area (TPSA) is 46.6 Å². The lowest BCUT2D eigenvalue weighted by Gasteiger charge is -2.15. The molecule has 0 unspecified atom stereocenters. The second-order valence-electron chi connectivity index (χ2n) is 5.49. The van der Waals surface area contributed by atoms with Crippen molar-refractivity contribution in [3.63, 3.8) is 0 Å². The number of nitrogens with zero attached hydrogens (tertiary/aromatic N) is 1. The van der Waals surface area contributed by atoms with Gasteiger partial charge in [0.15, 0.2) is 0 Å². The summed E-state index contributed by atoms with van der Waals surface area (Å²) in [5, 5.41) is 1.94. The first-order valence-electron chi connectivity index (χ1n) is 8.05. The molecule has 1 rings (SSSR count). The number of unbranched alkanes of at least 4 members (excludes halogenated alkanes) is 5. The lowest BCUT2D eigenvalue weighted by atomic mass is 10.1. The summed E-state index contributed by atoms with van der Waals surface area (Å²) in [5.41, 5.74) is 0. The van der Waals surface area contributed by atoms with Crippen LogP contribution in [0.2, 0.25) is 0 Å². The molecule has 0 saturated carbocycles. The molecule has 0 radical (unpaired) electrons. The van der Waals surface area contributed by atoms with Crippen molar-refractivity contribution in [1.29, 1.82) is 0 Å². The Morgan fingerprint density at radius 3 is 2.59 bits per heavy atom. The summed E-state index contributed by atoms with van der Waals surface area (Å²) < 4.78 is 5.17. The maximum absolute atomic E-state index is 11.9. The molecule has 0 fully saturated rings. The Morgan fingerprint density at radius 1 is 1.18 bits per heavy atom. The van der Waals surface area contributed by atoms with E-state index in [2.05, 4.69) is 6.92 Å². The molecule has 124 valence electrons. The Morgan fingerprint density at radius 2 is 1.91 bits per heavy atom. The van der Waals surface area contributed by atoms with E-state index in [1.807, 2.05) is 17.5 Å². The molecule has 0 aromatic carbocycles. The van der Waals surface area contributed by atoms with Crippen LogP contribution < -0.4 is 0 Å². The summed E-state index contributed by atoms with van der Waals surface area (Å²) in [4.78, 5) is 26.1. The van der Waals surface area contributed by atoms with Crippen molar-refractivity contribution < 1.29 is 14.3 Å². The Bertz CT molecular complexity index is 431. The van der Waals surface area contributed by atoms with Gasteiger partial charge in [-0.2, -0.15) is 0 Å². The maximum Gasteiger partial charge on any atom is 0.325 e. The summed E-state index contributed by atoms with van der Waals surface area (Å²) in [6.07, 6.45) is 7.31. The number of hydrogen-bond donors (Lipinski definition) is 0. The quantitative estimate of drug-likeness (QED) is 0.461. The van der Waals surface area contributed by atoms with E-state index in [-0.39, 0.29) is 18.4 Å². The van der Waals surface area contributed by atoms with E-state index in [0.717, 1.165) is 17.7 Å². The Kier molecular flexibility index (Phi) is 9.55. The molecule has 0 aliphatic rings. The molecule has 0 bridgehead atoms. The number of ether oxygens (including phenoxy) is 1. The minimum atomic E-state index is -0.324. The highest BCUT2D eigenvalue weighted by Crippen LogP contribution is 2.10. The number of carbonyl (C=O) groups excluding carboxylic acids is 2. The largest absolute Gasteiger partial charge is 0.464 e. The second-order valence-corrected chi connectivity index (χ2v) is 6.53. The van der Waals surface area contributed by atoms with Crippen LogP contribution in [-0.4, -0.2) is 37.0 Å². The zero-order chi connectivity index (χ0) is 16.2. The van der Waals surface area contributed by atoms with Crippen LogP contribution in [0.1, 0.15) is 50.3 Å². The highest BCUT2D eigenvalue weighted by atomic mass is 32.1. The monoisotopic (exact) mass is 325 g/mol. The second kappa shape index (κ2) is 11.2. The number of rotatable bonds is 11. The third-order valence-electron chi connectivity index (χ3n) is 3.46. The molecule has 0 aliphatic carbocycles. The molecule has 1 amide bonds. The van der Waals surface area contributed by atoms with Gasteiger partial charge in [0.25, 0.3) is 0 Å². The SMILES string of the molecule is CCCCCCCCOC(=O)CN(C)C(=O)Cc1cccs1. The van der Waals surface area contributed by atoms with Gasteiger partial charge in [-0.15, -0.1) is 11.3 Å². The van der Waals surface area contributed by atoms with Crippen LogP contribution in [-0.2, 0) is 20.7 Å². The van der Waals surface area contributed by atoms with Gasteiger partial charge in [-0.05, 0) is 17.9 Å². The van der Waals surface area contributed by atoms with Gasteiger partial charge in [-0.3, -0.25) is 9.59 Å². The molecular formula is C17H27NO3S. The van der Waals surface area contributed by atoms with Gasteiger partial charge in [-0.25, -0.2) is 0 Å². The van der Waals surface area contributed by atoms with E-state index in [1.165, 1.54) is 30.6 Å². The normalized spacial score (nSPS) is 10.5. The smallest absolute Gasteiger partial charge is 0.325 e. The molecule has 1 heterocycles. The van der Waals surface area contributed by atoms with Crippen molar-refractivity contribution in [1.82, 2.24) is 4.90 Å².